The first-order valence-electron chi connectivity index (χ1n) is 6.22. The smallest absolute Gasteiger partial charge is 0.171 e. The zero-order valence-corrected chi connectivity index (χ0v) is 12.2. The van der Waals surface area contributed by atoms with Gasteiger partial charge in [0, 0.05) is 5.69 Å². The van der Waals surface area contributed by atoms with Crippen molar-refractivity contribution in [3.05, 3.63) is 53.0 Å². The summed E-state index contributed by atoms with van der Waals surface area (Å²) < 4.78 is 5.47. The molecule has 2 aromatic rings. The first-order chi connectivity index (χ1) is 9.04. The lowest BCUT2D eigenvalue weighted by atomic mass is 10.1. The second-order valence-electron chi connectivity index (χ2n) is 4.62. The fourth-order valence-corrected chi connectivity index (χ4v) is 1.93. The Morgan fingerprint density at radius 1 is 1.11 bits per heavy atom. The average Bonchev–Trinajstić information content (AvgIpc) is 2.77. The van der Waals surface area contributed by atoms with Crippen LogP contribution in [0.4, 0.5) is 5.69 Å². The van der Waals surface area contributed by atoms with Gasteiger partial charge in [0.25, 0.3) is 0 Å². The van der Waals surface area contributed by atoms with Crippen LogP contribution in [0.2, 0.25) is 0 Å². The van der Waals surface area contributed by atoms with Gasteiger partial charge in [-0.25, -0.2) is 0 Å². The Morgan fingerprint density at radius 3 is 2.53 bits per heavy atom. The molecule has 0 unspecified atom stereocenters. The summed E-state index contributed by atoms with van der Waals surface area (Å²) in [6, 6.07) is 10.1. The SMILES string of the molecule is Cc1ccc(CNC(=S)Nc2ccc(C)c(C)c2)o1. The third-order valence-electron chi connectivity index (χ3n) is 2.98. The Balaban J connectivity index is 1.88. The number of hydrogen-bond donors (Lipinski definition) is 2. The molecule has 19 heavy (non-hydrogen) atoms. The van der Waals surface area contributed by atoms with E-state index in [0.717, 1.165) is 17.2 Å². The van der Waals surface area contributed by atoms with E-state index in [4.69, 9.17) is 16.6 Å². The molecule has 4 heteroatoms. The van der Waals surface area contributed by atoms with Crippen LogP contribution in [0.1, 0.15) is 22.6 Å². The summed E-state index contributed by atoms with van der Waals surface area (Å²) in [4.78, 5) is 0. The van der Waals surface area contributed by atoms with Gasteiger partial charge in [-0.2, -0.15) is 0 Å². The number of aryl methyl sites for hydroxylation is 3. The number of nitrogens with one attached hydrogen (secondary N) is 2. The van der Waals surface area contributed by atoms with E-state index in [9.17, 15) is 0 Å². The van der Waals surface area contributed by atoms with Gasteiger partial charge in [0.15, 0.2) is 5.11 Å². The monoisotopic (exact) mass is 274 g/mol. The van der Waals surface area contributed by atoms with Gasteiger partial charge in [0.05, 0.1) is 6.54 Å². The van der Waals surface area contributed by atoms with Crippen LogP contribution >= 0.6 is 12.2 Å². The van der Waals surface area contributed by atoms with Crippen LogP contribution in [0.5, 0.6) is 0 Å². The van der Waals surface area contributed by atoms with E-state index in [1.807, 2.05) is 25.1 Å². The van der Waals surface area contributed by atoms with E-state index in [0.29, 0.717) is 11.7 Å². The standard InChI is InChI=1S/C15H18N2OS/c1-10-4-6-13(8-11(10)2)17-15(19)16-9-14-7-5-12(3)18-14/h4-8H,9H2,1-3H3,(H2,16,17,19). The highest BCUT2D eigenvalue weighted by Crippen LogP contribution is 2.14. The van der Waals surface area contributed by atoms with Crippen LogP contribution in [0.25, 0.3) is 0 Å². The largest absolute Gasteiger partial charge is 0.465 e. The number of furan rings is 1. The molecular weight excluding hydrogens is 256 g/mol. The fraction of sp³-hybridized carbons (Fsp3) is 0.267. The summed E-state index contributed by atoms with van der Waals surface area (Å²) in [6.45, 7) is 6.69. The minimum atomic E-state index is 0.588. The molecule has 3 nitrogen and oxygen atoms in total. The summed E-state index contributed by atoms with van der Waals surface area (Å²) in [5, 5.41) is 6.88. The predicted octanol–water partition coefficient (Wildman–Crippen LogP) is 3.69. The van der Waals surface area contributed by atoms with Crippen molar-refractivity contribution in [3.63, 3.8) is 0 Å². The fourth-order valence-electron chi connectivity index (χ4n) is 1.74. The number of anilines is 1. The molecule has 0 atom stereocenters. The molecule has 100 valence electrons. The van der Waals surface area contributed by atoms with Crippen LogP contribution in [-0.2, 0) is 6.54 Å². The molecule has 1 aromatic heterocycles. The quantitative estimate of drug-likeness (QED) is 0.837. The molecule has 1 heterocycles. The lowest BCUT2D eigenvalue weighted by Crippen LogP contribution is -2.27. The first-order valence-corrected chi connectivity index (χ1v) is 6.63. The molecule has 0 radical (unpaired) electrons. The van der Waals surface area contributed by atoms with E-state index >= 15 is 0 Å². The van der Waals surface area contributed by atoms with E-state index < -0.39 is 0 Å². The highest BCUT2D eigenvalue weighted by Gasteiger charge is 2.02. The Labute approximate surface area is 119 Å². The highest BCUT2D eigenvalue weighted by atomic mass is 32.1. The first kappa shape index (κ1) is 13.6. The van der Waals surface area contributed by atoms with Crippen LogP contribution in [0, 0.1) is 20.8 Å². The Bertz CT molecular complexity index is 590. The van der Waals surface area contributed by atoms with Crippen molar-refractivity contribution in [2.24, 2.45) is 0 Å². The molecule has 0 fully saturated rings. The Morgan fingerprint density at radius 2 is 1.89 bits per heavy atom. The summed E-state index contributed by atoms with van der Waals surface area (Å²) in [5.74, 6) is 1.78. The van der Waals surface area contributed by atoms with Crippen molar-refractivity contribution in [1.82, 2.24) is 5.32 Å². The summed E-state index contributed by atoms with van der Waals surface area (Å²) in [7, 11) is 0. The maximum absolute atomic E-state index is 5.47. The van der Waals surface area contributed by atoms with Crippen LogP contribution in [0.15, 0.2) is 34.7 Å². The molecule has 0 aliphatic rings. The molecule has 2 N–H and O–H groups in total. The van der Waals surface area contributed by atoms with E-state index in [2.05, 4.69) is 36.6 Å². The van der Waals surface area contributed by atoms with E-state index in [1.165, 1.54) is 11.1 Å². The summed E-state index contributed by atoms with van der Waals surface area (Å²) in [5.41, 5.74) is 3.51. The topological polar surface area (TPSA) is 37.2 Å². The van der Waals surface area contributed by atoms with Gasteiger partial charge < -0.3 is 15.1 Å². The number of benzene rings is 1. The minimum Gasteiger partial charge on any atom is -0.465 e. The maximum Gasteiger partial charge on any atom is 0.171 e. The van der Waals surface area contributed by atoms with Gasteiger partial charge in [-0.15, -0.1) is 0 Å². The van der Waals surface area contributed by atoms with Crippen molar-refractivity contribution < 1.29 is 4.42 Å². The zero-order valence-electron chi connectivity index (χ0n) is 11.4. The normalized spacial score (nSPS) is 10.3. The van der Waals surface area contributed by atoms with Crippen molar-refractivity contribution in [2.75, 3.05) is 5.32 Å². The Hall–Kier alpha value is -1.81. The van der Waals surface area contributed by atoms with Gasteiger partial charge in [-0.3, -0.25) is 0 Å². The van der Waals surface area contributed by atoms with Gasteiger partial charge in [0.2, 0.25) is 0 Å². The highest BCUT2D eigenvalue weighted by molar-refractivity contribution is 7.80. The van der Waals surface area contributed by atoms with Gasteiger partial charge in [-0.05, 0) is 68.4 Å². The van der Waals surface area contributed by atoms with Crippen LogP contribution < -0.4 is 10.6 Å². The molecule has 1 aromatic carbocycles. The third kappa shape index (κ3) is 3.83. The number of hydrogen-bond acceptors (Lipinski definition) is 2. The zero-order chi connectivity index (χ0) is 13.8. The molecule has 0 amide bonds. The number of rotatable bonds is 3. The van der Waals surface area contributed by atoms with Gasteiger partial charge in [-0.1, -0.05) is 6.07 Å². The molecule has 0 saturated carbocycles. The van der Waals surface area contributed by atoms with Gasteiger partial charge >= 0.3 is 0 Å². The van der Waals surface area contributed by atoms with E-state index in [1.54, 1.807) is 0 Å². The maximum atomic E-state index is 5.47. The minimum absolute atomic E-state index is 0.588. The average molecular weight is 274 g/mol. The van der Waals surface area contributed by atoms with Crippen molar-refractivity contribution in [3.8, 4) is 0 Å². The molecule has 0 saturated heterocycles. The van der Waals surface area contributed by atoms with Gasteiger partial charge in [0.1, 0.15) is 11.5 Å². The number of thiocarbonyl (C=S) groups is 1. The molecular formula is C15H18N2OS. The lowest BCUT2D eigenvalue weighted by Gasteiger charge is -2.11. The second-order valence-corrected chi connectivity index (χ2v) is 5.03. The van der Waals surface area contributed by atoms with Crippen LogP contribution in [-0.4, -0.2) is 5.11 Å². The van der Waals surface area contributed by atoms with Crippen molar-refractivity contribution >= 4 is 23.0 Å². The summed E-state index contributed by atoms with van der Waals surface area (Å²) in [6.07, 6.45) is 0. The van der Waals surface area contributed by atoms with Crippen molar-refractivity contribution in [2.45, 2.75) is 27.3 Å². The summed E-state index contributed by atoms with van der Waals surface area (Å²) >= 11 is 5.25. The molecule has 0 spiro atoms. The lowest BCUT2D eigenvalue weighted by molar-refractivity contribution is 0.478. The van der Waals surface area contributed by atoms with Crippen molar-refractivity contribution in [1.29, 1.82) is 0 Å². The predicted molar refractivity (Wildman–Crippen MR) is 82.4 cm³/mol. The molecule has 0 aliphatic carbocycles. The molecule has 2 rings (SSSR count). The second kappa shape index (κ2) is 5.89. The molecule has 0 aliphatic heterocycles. The van der Waals surface area contributed by atoms with Crippen LogP contribution in [0.3, 0.4) is 0 Å². The third-order valence-corrected chi connectivity index (χ3v) is 3.23. The molecule has 0 bridgehead atoms. The van der Waals surface area contributed by atoms with E-state index in [-0.39, 0.29) is 0 Å². The Kier molecular flexibility index (Phi) is 4.22.